The maximum atomic E-state index is 12.2. The summed E-state index contributed by atoms with van der Waals surface area (Å²) in [7, 11) is 3.13. The largest absolute Gasteiger partial charge is 0.493 e. The second kappa shape index (κ2) is 8.90. The van der Waals surface area contributed by atoms with Gasteiger partial charge in [0, 0.05) is 0 Å². The minimum Gasteiger partial charge on any atom is -0.493 e. The fourth-order valence-corrected chi connectivity index (χ4v) is 2.69. The quantitative estimate of drug-likeness (QED) is 0.502. The summed E-state index contributed by atoms with van der Waals surface area (Å²) in [6, 6.07) is 19.0. The molecule has 0 spiro atoms. The molecular formula is C22H22N2O4. The van der Waals surface area contributed by atoms with Gasteiger partial charge in [-0.25, -0.2) is 5.43 Å². The number of rotatable bonds is 7. The first-order valence-corrected chi connectivity index (χ1v) is 8.81. The average molecular weight is 378 g/mol. The van der Waals surface area contributed by atoms with Gasteiger partial charge in [0.15, 0.2) is 17.6 Å². The molecule has 6 heteroatoms. The highest BCUT2D eigenvalue weighted by Crippen LogP contribution is 2.26. The van der Waals surface area contributed by atoms with Gasteiger partial charge in [0.1, 0.15) is 5.75 Å². The van der Waals surface area contributed by atoms with Crippen molar-refractivity contribution >= 4 is 22.9 Å². The van der Waals surface area contributed by atoms with Gasteiger partial charge < -0.3 is 14.2 Å². The molecule has 144 valence electrons. The number of carbonyl (C=O) groups excluding carboxylic acids is 1. The Morgan fingerprint density at radius 3 is 2.46 bits per heavy atom. The Labute approximate surface area is 163 Å². The van der Waals surface area contributed by atoms with Crippen LogP contribution in [-0.2, 0) is 4.79 Å². The van der Waals surface area contributed by atoms with Crippen LogP contribution >= 0.6 is 0 Å². The van der Waals surface area contributed by atoms with Crippen LogP contribution in [0.2, 0.25) is 0 Å². The lowest BCUT2D eigenvalue weighted by molar-refractivity contribution is -0.127. The van der Waals surface area contributed by atoms with E-state index in [1.54, 1.807) is 33.3 Å². The fraction of sp³-hybridized carbons (Fsp3) is 0.182. The summed E-state index contributed by atoms with van der Waals surface area (Å²) in [6.45, 7) is 1.68. The Hall–Kier alpha value is -3.54. The number of fused-ring (bicyclic) bond motifs is 1. The van der Waals surface area contributed by atoms with Crippen molar-refractivity contribution in [1.82, 2.24) is 5.43 Å². The maximum absolute atomic E-state index is 12.2. The van der Waals surface area contributed by atoms with Crippen LogP contribution in [0.5, 0.6) is 17.2 Å². The van der Waals surface area contributed by atoms with Gasteiger partial charge in [-0.3, -0.25) is 4.79 Å². The fourth-order valence-electron chi connectivity index (χ4n) is 2.69. The summed E-state index contributed by atoms with van der Waals surface area (Å²) in [5, 5.41) is 6.16. The van der Waals surface area contributed by atoms with E-state index < -0.39 is 6.10 Å². The molecule has 0 saturated carbocycles. The van der Waals surface area contributed by atoms with E-state index in [2.05, 4.69) is 10.5 Å². The highest BCUT2D eigenvalue weighted by atomic mass is 16.5. The van der Waals surface area contributed by atoms with Gasteiger partial charge in [-0.1, -0.05) is 30.3 Å². The molecule has 3 aromatic rings. The molecule has 0 aliphatic rings. The first kappa shape index (κ1) is 19.2. The van der Waals surface area contributed by atoms with Gasteiger partial charge in [-0.05, 0) is 53.6 Å². The second-order valence-corrected chi connectivity index (χ2v) is 6.12. The Morgan fingerprint density at radius 2 is 1.71 bits per heavy atom. The number of nitrogens with one attached hydrogen (secondary N) is 1. The van der Waals surface area contributed by atoms with Crippen molar-refractivity contribution in [2.45, 2.75) is 13.0 Å². The van der Waals surface area contributed by atoms with Crippen molar-refractivity contribution in [2.24, 2.45) is 5.10 Å². The van der Waals surface area contributed by atoms with Gasteiger partial charge in [-0.15, -0.1) is 0 Å². The number of hydrogen-bond donors (Lipinski definition) is 1. The average Bonchev–Trinajstić information content (AvgIpc) is 2.73. The zero-order valence-corrected chi connectivity index (χ0v) is 16.0. The topological polar surface area (TPSA) is 69.2 Å². The number of amides is 1. The van der Waals surface area contributed by atoms with Gasteiger partial charge in [0.25, 0.3) is 5.91 Å². The lowest BCUT2D eigenvalue weighted by Crippen LogP contribution is -2.33. The highest BCUT2D eigenvalue weighted by molar-refractivity contribution is 5.86. The molecule has 1 atom stereocenters. The van der Waals surface area contributed by atoms with Crippen LogP contribution in [0.1, 0.15) is 12.5 Å². The molecule has 1 amide bonds. The van der Waals surface area contributed by atoms with E-state index in [1.165, 1.54) is 6.21 Å². The van der Waals surface area contributed by atoms with Crippen LogP contribution in [-0.4, -0.2) is 32.4 Å². The van der Waals surface area contributed by atoms with E-state index in [0.717, 1.165) is 16.3 Å². The number of nitrogens with zero attached hydrogens (tertiary/aromatic N) is 1. The molecule has 6 nitrogen and oxygen atoms in total. The standard InChI is InChI=1S/C22H22N2O4/c1-15(28-19-10-9-17-6-4-5-7-18(17)13-19)22(25)24-23-14-16-8-11-20(26-2)21(12-16)27-3/h4-15H,1-3H3,(H,24,25). The minimum atomic E-state index is -0.691. The highest BCUT2D eigenvalue weighted by Gasteiger charge is 2.14. The minimum absolute atomic E-state index is 0.343. The van der Waals surface area contributed by atoms with E-state index in [1.807, 2.05) is 48.5 Å². The van der Waals surface area contributed by atoms with E-state index in [9.17, 15) is 4.79 Å². The first-order valence-electron chi connectivity index (χ1n) is 8.81. The first-order chi connectivity index (χ1) is 13.6. The van der Waals surface area contributed by atoms with Crippen LogP contribution in [0.3, 0.4) is 0 Å². The summed E-state index contributed by atoms with van der Waals surface area (Å²) in [6.07, 6.45) is 0.839. The Balaban J connectivity index is 1.59. The number of hydrogen-bond acceptors (Lipinski definition) is 5. The molecule has 0 fully saturated rings. The summed E-state index contributed by atoms with van der Waals surface area (Å²) < 4.78 is 16.2. The van der Waals surface area contributed by atoms with Gasteiger partial charge in [0.2, 0.25) is 0 Å². The van der Waals surface area contributed by atoms with Crippen LogP contribution in [0.15, 0.2) is 65.8 Å². The van der Waals surface area contributed by atoms with E-state index in [-0.39, 0.29) is 5.91 Å². The van der Waals surface area contributed by atoms with Crippen LogP contribution in [0.4, 0.5) is 0 Å². The lowest BCUT2D eigenvalue weighted by atomic mass is 10.1. The molecule has 0 radical (unpaired) electrons. The Bertz CT molecular complexity index is 1000. The summed E-state index contributed by atoms with van der Waals surface area (Å²) in [4.78, 5) is 12.2. The van der Waals surface area contributed by atoms with Gasteiger partial charge in [-0.2, -0.15) is 5.10 Å². The number of benzene rings is 3. The summed E-state index contributed by atoms with van der Waals surface area (Å²) >= 11 is 0. The molecule has 0 heterocycles. The molecule has 1 N–H and O–H groups in total. The SMILES string of the molecule is COc1ccc(C=NNC(=O)C(C)Oc2ccc3ccccc3c2)cc1OC. The van der Waals surface area contributed by atoms with Gasteiger partial charge in [0.05, 0.1) is 20.4 Å². The van der Waals surface area contributed by atoms with Gasteiger partial charge >= 0.3 is 0 Å². The summed E-state index contributed by atoms with van der Waals surface area (Å²) in [5.41, 5.74) is 3.25. The molecule has 28 heavy (non-hydrogen) atoms. The van der Waals surface area contributed by atoms with Crippen molar-refractivity contribution in [3.63, 3.8) is 0 Å². The normalized spacial score (nSPS) is 12.0. The number of carbonyl (C=O) groups is 1. The number of methoxy groups -OCH3 is 2. The maximum Gasteiger partial charge on any atom is 0.280 e. The predicted molar refractivity (Wildman–Crippen MR) is 109 cm³/mol. The molecule has 0 aliphatic heterocycles. The van der Waals surface area contributed by atoms with Crippen molar-refractivity contribution in [2.75, 3.05) is 14.2 Å². The van der Waals surface area contributed by atoms with Crippen LogP contribution in [0, 0.1) is 0 Å². The zero-order chi connectivity index (χ0) is 19.9. The lowest BCUT2D eigenvalue weighted by Gasteiger charge is -2.13. The molecule has 3 rings (SSSR count). The van der Waals surface area contributed by atoms with E-state index in [4.69, 9.17) is 14.2 Å². The van der Waals surface area contributed by atoms with Crippen molar-refractivity contribution in [3.05, 3.63) is 66.2 Å². The van der Waals surface area contributed by atoms with Crippen molar-refractivity contribution in [3.8, 4) is 17.2 Å². The zero-order valence-electron chi connectivity index (χ0n) is 16.0. The third kappa shape index (κ3) is 4.59. The van der Waals surface area contributed by atoms with Crippen molar-refractivity contribution < 1.29 is 19.0 Å². The van der Waals surface area contributed by atoms with E-state index >= 15 is 0 Å². The smallest absolute Gasteiger partial charge is 0.280 e. The molecule has 0 aromatic heterocycles. The second-order valence-electron chi connectivity index (χ2n) is 6.12. The molecular weight excluding hydrogens is 356 g/mol. The monoisotopic (exact) mass is 378 g/mol. The van der Waals surface area contributed by atoms with Crippen LogP contribution < -0.4 is 19.6 Å². The molecule has 1 unspecified atom stereocenters. The Kier molecular flexibility index (Phi) is 6.11. The Morgan fingerprint density at radius 1 is 0.964 bits per heavy atom. The third-order valence-electron chi connectivity index (χ3n) is 4.20. The number of ether oxygens (including phenoxy) is 3. The summed E-state index contributed by atoms with van der Waals surface area (Å²) in [5.74, 6) is 1.50. The number of hydrazone groups is 1. The molecule has 3 aromatic carbocycles. The molecule has 0 bridgehead atoms. The van der Waals surface area contributed by atoms with Crippen LogP contribution in [0.25, 0.3) is 10.8 Å². The molecule has 0 aliphatic carbocycles. The third-order valence-corrected chi connectivity index (χ3v) is 4.20. The van der Waals surface area contributed by atoms with Crippen molar-refractivity contribution in [1.29, 1.82) is 0 Å². The molecule has 0 saturated heterocycles. The predicted octanol–water partition coefficient (Wildman–Crippen LogP) is 3.77. The van der Waals surface area contributed by atoms with E-state index in [0.29, 0.717) is 17.2 Å².